The van der Waals surface area contributed by atoms with Crippen LogP contribution >= 0.6 is 0 Å². The highest BCUT2D eigenvalue weighted by molar-refractivity contribution is 5.91. The fourth-order valence-corrected chi connectivity index (χ4v) is 2.08. The Kier molecular flexibility index (Phi) is 9.61. The van der Waals surface area contributed by atoms with E-state index in [0.717, 1.165) is 30.6 Å². The Morgan fingerprint density at radius 3 is 2.62 bits per heavy atom. The molecule has 0 saturated carbocycles. The number of benzene rings is 1. The molecule has 5 heteroatoms. The smallest absolute Gasteiger partial charge is 0.246 e. The maximum Gasteiger partial charge on any atom is 0.246 e. The first-order chi connectivity index (χ1) is 11.6. The minimum absolute atomic E-state index is 0.0339. The van der Waals surface area contributed by atoms with E-state index in [4.69, 9.17) is 14.2 Å². The second-order valence-electron chi connectivity index (χ2n) is 5.55. The summed E-state index contributed by atoms with van der Waals surface area (Å²) in [5, 5.41) is 0. The summed E-state index contributed by atoms with van der Waals surface area (Å²) in [6, 6.07) is 5.66. The van der Waals surface area contributed by atoms with E-state index in [0.29, 0.717) is 25.5 Å². The standard InChI is InChI=1S/C19H29NO4/c1-5-6-14-24-17-10-8-16(15-18(17)23-4)9-11-19(21)20(2)12-7-13-22-3/h8-11,15H,5-7,12-14H2,1-4H3/b11-9+. The molecule has 1 aromatic carbocycles. The normalized spacial score (nSPS) is 10.8. The third kappa shape index (κ3) is 7.04. The molecular formula is C19H29NO4. The number of rotatable bonds is 11. The van der Waals surface area contributed by atoms with Crippen LogP contribution in [0.1, 0.15) is 31.7 Å². The van der Waals surface area contributed by atoms with Crippen LogP contribution in [-0.2, 0) is 9.53 Å². The van der Waals surface area contributed by atoms with Crippen LogP contribution in [0.25, 0.3) is 6.08 Å². The second kappa shape index (κ2) is 11.5. The number of unbranched alkanes of at least 4 members (excludes halogenated alkanes) is 1. The van der Waals surface area contributed by atoms with E-state index in [1.807, 2.05) is 18.2 Å². The van der Waals surface area contributed by atoms with Crippen molar-refractivity contribution < 1.29 is 19.0 Å². The molecule has 0 heterocycles. The van der Waals surface area contributed by atoms with Gasteiger partial charge < -0.3 is 19.1 Å². The van der Waals surface area contributed by atoms with Crippen LogP contribution in [0.2, 0.25) is 0 Å². The summed E-state index contributed by atoms with van der Waals surface area (Å²) < 4.78 is 16.1. The molecule has 0 aliphatic rings. The molecule has 0 saturated heterocycles. The molecule has 0 atom stereocenters. The Bertz CT molecular complexity index is 528. The monoisotopic (exact) mass is 335 g/mol. The van der Waals surface area contributed by atoms with Gasteiger partial charge in [-0.25, -0.2) is 0 Å². The number of carbonyl (C=O) groups excluding carboxylic acids is 1. The van der Waals surface area contributed by atoms with E-state index in [9.17, 15) is 4.79 Å². The fraction of sp³-hybridized carbons (Fsp3) is 0.526. The SMILES string of the molecule is CCCCOc1ccc(/C=C/C(=O)N(C)CCCOC)cc1OC. The van der Waals surface area contributed by atoms with Gasteiger partial charge in [0.05, 0.1) is 13.7 Å². The Morgan fingerprint density at radius 2 is 1.96 bits per heavy atom. The van der Waals surface area contributed by atoms with Crippen molar-refractivity contribution in [2.75, 3.05) is 41.0 Å². The predicted molar refractivity (Wildman–Crippen MR) is 96.6 cm³/mol. The highest BCUT2D eigenvalue weighted by atomic mass is 16.5. The Balaban J connectivity index is 2.64. The molecule has 0 bridgehead atoms. The predicted octanol–water partition coefficient (Wildman–Crippen LogP) is 3.38. The van der Waals surface area contributed by atoms with Crippen molar-refractivity contribution in [2.24, 2.45) is 0 Å². The zero-order chi connectivity index (χ0) is 17.8. The van der Waals surface area contributed by atoms with Crippen molar-refractivity contribution in [2.45, 2.75) is 26.2 Å². The highest BCUT2D eigenvalue weighted by Crippen LogP contribution is 2.28. The van der Waals surface area contributed by atoms with Crippen molar-refractivity contribution in [1.82, 2.24) is 4.90 Å². The zero-order valence-electron chi connectivity index (χ0n) is 15.2. The van der Waals surface area contributed by atoms with Crippen LogP contribution < -0.4 is 9.47 Å². The third-order valence-electron chi connectivity index (χ3n) is 3.58. The highest BCUT2D eigenvalue weighted by Gasteiger charge is 2.06. The minimum Gasteiger partial charge on any atom is -0.493 e. The van der Waals surface area contributed by atoms with Crippen molar-refractivity contribution in [3.05, 3.63) is 29.8 Å². The first-order valence-electron chi connectivity index (χ1n) is 8.35. The Hall–Kier alpha value is -2.01. The van der Waals surface area contributed by atoms with Gasteiger partial charge in [0, 0.05) is 33.4 Å². The van der Waals surface area contributed by atoms with Gasteiger partial charge in [-0.3, -0.25) is 4.79 Å². The van der Waals surface area contributed by atoms with E-state index in [2.05, 4.69) is 6.92 Å². The summed E-state index contributed by atoms with van der Waals surface area (Å²) in [6.07, 6.45) is 6.27. The van der Waals surface area contributed by atoms with E-state index in [-0.39, 0.29) is 5.91 Å². The number of ether oxygens (including phenoxy) is 3. The van der Waals surface area contributed by atoms with Crippen LogP contribution in [-0.4, -0.2) is 51.8 Å². The lowest BCUT2D eigenvalue weighted by Gasteiger charge is -2.14. The van der Waals surface area contributed by atoms with Crippen LogP contribution in [0.5, 0.6) is 11.5 Å². The number of likely N-dealkylation sites (N-methyl/N-ethyl adjacent to an activating group) is 1. The second-order valence-corrected chi connectivity index (χ2v) is 5.55. The molecule has 0 aliphatic carbocycles. The molecule has 134 valence electrons. The molecule has 0 N–H and O–H groups in total. The van der Waals surface area contributed by atoms with Gasteiger partial charge in [0.25, 0.3) is 0 Å². The first-order valence-corrected chi connectivity index (χ1v) is 8.35. The summed E-state index contributed by atoms with van der Waals surface area (Å²) in [5.74, 6) is 1.37. The lowest BCUT2D eigenvalue weighted by Crippen LogP contribution is -2.26. The van der Waals surface area contributed by atoms with E-state index < -0.39 is 0 Å². The van der Waals surface area contributed by atoms with Crippen LogP contribution in [0.15, 0.2) is 24.3 Å². The van der Waals surface area contributed by atoms with Gasteiger partial charge in [0.1, 0.15) is 0 Å². The average molecular weight is 335 g/mol. The van der Waals surface area contributed by atoms with Gasteiger partial charge in [-0.2, -0.15) is 0 Å². The Morgan fingerprint density at radius 1 is 1.17 bits per heavy atom. The van der Waals surface area contributed by atoms with Crippen LogP contribution in [0.4, 0.5) is 0 Å². The van der Waals surface area contributed by atoms with E-state index in [1.165, 1.54) is 0 Å². The molecule has 24 heavy (non-hydrogen) atoms. The first kappa shape index (κ1) is 20.0. The van der Waals surface area contributed by atoms with Gasteiger partial charge >= 0.3 is 0 Å². The summed E-state index contributed by atoms with van der Waals surface area (Å²) in [7, 11) is 5.06. The van der Waals surface area contributed by atoms with E-state index in [1.54, 1.807) is 38.3 Å². The Labute approximate surface area is 145 Å². The molecule has 1 amide bonds. The number of nitrogens with zero attached hydrogens (tertiary/aromatic N) is 1. The topological polar surface area (TPSA) is 48.0 Å². The average Bonchev–Trinajstić information content (AvgIpc) is 2.60. The van der Waals surface area contributed by atoms with Crippen LogP contribution in [0.3, 0.4) is 0 Å². The zero-order valence-corrected chi connectivity index (χ0v) is 15.2. The van der Waals surface area contributed by atoms with Crippen molar-refractivity contribution in [3.63, 3.8) is 0 Å². The number of carbonyl (C=O) groups is 1. The fourth-order valence-electron chi connectivity index (χ4n) is 2.08. The third-order valence-corrected chi connectivity index (χ3v) is 3.58. The molecule has 1 rings (SSSR count). The van der Waals surface area contributed by atoms with Gasteiger partial charge in [0.15, 0.2) is 11.5 Å². The summed E-state index contributed by atoms with van der Waals surface area (Å²) in [5.41, 5.74) is 0.897. The van der Waals surface area contributed by atoms with E-state index >= 15 is 0 Å². The molecule has 1 aromatic rings. The lowest BCUT2D eigenvalue weighted by atomic mass is 10.2. The van der Waals surface area contributed by atoms with Gasteiger partial charge in [-0.05, 0) is 36.6 Å². The molecular weight excluding hydrogens is 306 g/mol. The number of hydrogen-bond donors (Lipinski definition) is 0. The maximum atomic E-state index is 12.0. The molecule has 5 nitrogen and oxygen atoms in total. The summed E-state index contributed by atoms with van der Waals surface area (Å²) >= 11 is 0. The van der Waals surface area contributed by atoms with Crippen molar-refractivity contribution >= 4 is 12.0 Å². The number of hydrogen-bond acceptors (Lipinski definition) is 4. The molecule has 0 radical (unpaired) electrons. The summed E-state index contributed by atoms with van der Waals surface area (Å²) in [4.78, 5) is 13.7. The molecule has 0 aliphatic heterocycles. The van der Waals surface area contributed by atoms with Gasteiger partial charge in [-0.15, -0.1) is 0 Å². The van der Waals surface area contributed by atoms with Crippen LogP contribution in [0, 0.1) is 0 Å². The van der Waals surface area contributed by atoms with Gasteiger partial charge in [0.2, 0.25) is 5.91 Å². The number of methoxy groups -OCH3 is 2. The molecule has 0 spiro atoms. The quantitative estimate of drug-likeness (QED) is 0.459. The minimum atomic E-state index is -0.0339. The molecule has 0 aromatic heterocycles. The largest absolute Gasteiger partial charge is 0.493 e. The van der Waals surface area contributed by atoms with Crippen molar-refractivity contribution in [3.8, 4) is 11.5 Å². The number of amides is 1. The van der Waals surface area contributed by atoms with Gasteiger partial charge in [-0.1, -0.05) is 19.4 Å². The summed E-state index contributed by atoms with van der Waals surface area (Å²) in [6.45, 7) is 4.12. The maximum absolute atomic E-state index is 12.0. The molecule has 0 unspecified atom stereocenters. The molecule has 0 fully saturated rings. The van der Waals surface area contributed by atoms with Crippen molar-refractivity contribution in [1.29, 1.82) is 0 Å². The lowest BCUT2D eigenvalue weighted by molar-refractivity contribution is -0.124.